The van der Waals surface area contributed by atoms with Gasteiger partial charge in [-0.15, -0.1) is 0 Å². The molecule has 0 radical (unpaired) electrons. The van der Waals surface area contributed by atoms with E-state index in [4.69, 9.17) is 0 Å². The van der Waals surface area contributed by atoms with Crippen LogP contribution in [0.1, 0.15) is 45.7 Å². The second kappa shape index (κ2) is 6.50. The number of anilines is 1. The smallest absolute Gasteiger partial charge is 0.180 e. The van der Waals surface area contributed by atoms with Crippen molar-refractivity contribution in [3.8, 4) is 11.5 Å². The molecule has 0 spiro atoms. The summed E-state index contributed by atoms with van der Waals surface area (Å²) in [7, 11) is 0. The molecule has 0 amide bonds. The van der Waals surface area contributed by atoms with Crippen molar-refractivity contribution in [2.45, 2.75) is 46.6 Å². The van der Waals surface area contributed by atoms with Gasteiger partial charge in [0.1, 0.15) is 11.5 Å². The van der Waals surface area contributed by atoms with Gasteiger partial charge in [0.25, 0.3) is 0 Å². The van der Waals surface area contributed by atoms with Crippen LogP contribution in [0.3, 0.4) is 0 Å². The lowest BCUT2D eigenvalue weighted by Gasteiger charge is -2.12. The summed E-state index contributed by atoms with van der Waals surface area (Å²) in [6.45, 7) is 10.2. The zero-order chi connectivity index (χ0) is 14.5. The number of aryl methyl sites for hydroxylation is 1. The molecule has 108 valence electrons. The fraction of sp³-hybridized carbons (Fsp3) is 0.533. The molecule has 0 saturated carbocycles. The number of hydrogen-bond donors (Lipinski definition) is 1. The normalized spacial score (nSPS) is 11.1. The summed E-state index contributed by atoms with van der Waals surface area (Å²) >= 11 is 0. The van der Waals surface area contributed by atoms with E-state index >= 15 is 0 Å². The maximum absolute atomic E-state index is 4.68. The summed E-state index contributed by atoms with van der Waals surface area (Å²) in [5, 5.41) is 7.64. The van der Waals surface area contributed by atoms with Crippen LogP contribution in [-0.4, -0.2) is 26.3 Å². The highest BCUT2D eigenvalue weighted by Crippen LogP contribution is 2.21. The molecule has 0 bridgehead atoms. The first-order valence-corrected chi connectivity index (χ1v) is 7.30. The van der Waals surface area contributed by atoms with Crippen molar-refractivity contribution in [2.24, 2.45) is 0 Å². The molecule has 2 aromatic heterocycles. The molecular formula is C15H23N5. The third-order valence-corrected chi connectivity index (χ3v) is 3.14. The van der Waals surface area contributed by atoms with E-state index in [1.54, 1.807) is 6.20 Å². The van der Waals surface area contributed by atoms with Gasteiger partial charge in [0.2, 0.25) is 0 Å². The number of rotatable bonds is 6. The quantitative estimate of drug-likeness (QED) is 0.877. The molecule has 5 heteroatoms. The molecule has 1 N–H and O–H groups in total. The minimum absolute atomic E-state index is 0.372. The van der Waals surface area contributed by atoms with Crippen LogP contribution < -0.4 is 5.32 Å². The van der Waals surface area contributed by atoms with Gasteiger partial charge in [-0.3, -0.25) is 4.68 Å². The maximum Gasteiger partial charge on any atom is 0.180 e. The first kappa shape index (κ1) is 14.5. The van der Waals surface area contributed by atoms with Gasteiger partial charge >= 0.3 is 0 Å². The van der Waals surface area contributed by atoms with Gasteiger partial charge in [-0.05, 0) is 25.3 Å². The average molecular weight is 273 g/mol. The standard InChI is InChI=1S/C15H23N5/c1-5-8-16-14-10-12(11(3)4)18-15(19-14)13-7-9-17-20(13)6-2/h7,9-11H,5-6,8H2,1-4H3,(H,16,18,19). The van der Waals surface area contributed by atoms with E-state index in [-0.39, 0.29) is 0 Å². The molecule has 0 aliphatic rings. The van der Waals surface area contributed by atoms with Gasteiger partial charge in [0.05, 0.1) is 0 Å². The Hall–Kier alpha value is -1.91. The lowest BCUT2D eigenvalue weighted by Crippen LogP contribution is -2.08. The maximum atomic E-state index is 4.68. The molecule has 0 aliphatic carbocycles. The predicted molar refractivity (Wildman–Crippen MR) is 81.8 cm³/mol. The second-order valence-electron chi connectivity index (χ2n) is 5.12. The summed E-state index contributed by atoms with van der Waals surface area (Å²) in [5.74, 6) is 2.01. The highest BCUT2D eigenvalue weighted by Gasteiger charge is 2.12. The minimum atomic E-state index is 0.372. The summed E-state index contributed by atoms with van der Waals surface area (Å²) in [5.41, 5.74) is 2.02. The Bertz CT molecular complexity index is 559. The van der Waals surface area contributed by atoms with E-state index in [2.05, 4.69) is 48.1 Å². The number of nitrogens with zero attached hydrogens (tertiary/aromatic N) is 4. The number of aromatic nitrogens is 4. The molecule has 0 unspecified atom stereocenters. The van der Waals surface area contributed by atoms with E-state index in [1.807, 2.05) is 16.8 Å². The molecule has 5 nitrogen and oxygen atoms in total. The van der Waals surface area contributed by atoms with E-state index in [0.717, 1.165) is 42.5 Å². The number of hydrogen-bond acceptors (Lipinski definition) is 4. The van der Waals surface area contributed by atoms with Gasteiger partial charge in [-0.2, -0.15) is 5.10 Å². The van der Waals surface area contributed by atoms with Crippen LogP contribution in [0.25, 0.3) is 11.5 Å². The molecular weight excluding hydrogens is 250 g/mol. The summed E-state index contributed by atoms with van der Waals surface area (Å²) in [6.07, 6.45) is 2.87. The minimum Gasteiger partial charge on any atom is -0.370 e. The highest BCUT2D eigenvalue weighted by atomic mass is 15.3. The van der Waals surface area contributed by atoms with Crippen molar-refractivity contribution in [1.29, 1.82) is 0 Å². The van der Waals surface area contributed by atoms with Crippen molar-refractivity contribution in [1.82, 2.24) is 19.7 Å². The van der Waals surface area contributed by atoms with Crippen LogP contribution in [0.5, 0.6) is 0 Å². The Balaban J connectivity index is 2.43. The van der Waals surface area contributed by atoms with Crippen molar-refractivity contribution in [3.63, 3.8) is 0 Å². The molecule has 2 heterocycles. The third-order valence-electron chi connectivity index (χ3n) is 3.14. The van der Waals surface area contributed by atoms with Crippen LogP contribution in [0, 0.1) is 0 Å². The van der Waals surface area contributed by atoms with Gasteiger partial charge in [-0.25, -0.2) is 9.97 Å². The monoisotopic (exact) mass is 273 g/mol. The van der Waals surface area contributed by atoms with Gasteiger partial charge < -0.3 is 5.32 Å². The molecule has 0 aliphatic heterocycles. The molecule has 0 saturated heterocycles. The molecule has 0 fully saturated rings. The summed E-state index contributed by atoms with van der Waals surface area (Å²) in [6, 6.07) is 4.00. The molecule has 20 heavy (non-hydrogen) atoms. The van der Waals surface area contributed by atoms with E-state index in [0.29, 0.717) is 5.92 Å². The van der Waals surface area contributed by atoms with Crippen molar-refractivity contribution >= 4 is 5.82 Å². The van der Waals surface area contributed by atoms with Crippen molar-refractivity contribution in [3.05, 3.63) is 24.0 Å². The van der Waals surface area contributed by atoms with E-state index in [1.165, 1.54) is 0 Å². The van der Waals surface area contributed by atoms with Crippen LogP contribution in [-0.2, 0) is 6.54 Å². The van der Waals surface area contributed by atoms with Crippen LogP contribution in [0.4, 0.5) is 5.82 Å². The largest absolute Gasteiger partial charge is 0.370 e. The fourth-order valence-corrected chi connectivity index (χ4v) is 1.99. The van der Waals surface area contributed by atoms with E-state index < -0.39 is 0 Å². The third kappa shape index (κ3) is 3.15. The Morgan fingerprint density at radius 2 is 2.05 bits per heavy atom. The SMILES string of the molecule is CCCNc1cc(C(C)C)nc(-c2ccnn2CC)n1. The van der Waals surface area contributed by atoms with Gasteiger partial charge in [0.15, 0.2) is 5.82 Å². The molecule has 0 aromatic carbocycles. The molecule has 2 rings (SSSR count). The highest BCUT2D eigenvalue weighted by molar-refractivity contribution is 5.53. The zero-order valence-corrected chi connectivity index (χ0v) is 12.7. The molecule has 0 atom stereocenters. The summed E-state index contributed by atoms with van der Waals surface area (Å²) < 4.78 is 1.92. The first-order chi connectivity index (χ1) is 9.65. The molecule has 2 aromatic rings. The summed E-state index contributed by atoms with van der Waals surface area (Å²) in [4.78, 5) is 9.30. The fourth-order valence-electron chi connectivity index (χ4n) is 1.99. The lowest BCUT2D eigenvalue weighted by atomic mass is 10.1. The lowest BCUT2D eigenvalue weighted by molar-refractivity contribution is 0.662. The topological polar surface area (TPSA) is 55.6 Å². The van der Waals surface area contributed by atoms with Gasteiger partial charge in [0, 0.05) is 31.0 Å². The van der Waals surface area contributed by atoms with Crippen LogP contribution in [0.2, 0.25) is 0 Å². The van der Waals surface area contributed by atoms with Crippen LogP contribution in [0.15, 0.2) is 18.3 Å². The Morgan fingerprint density at radius 1 is 1.25 bits per heavy atom. The van der Waals surface area contributed by atoms with Crippen molar-refractivity contribution in [2.75, 3.05) is 11.9 Å². The Morgan fingerprint density at radius 3 is 2.70 bits per heavy atom. The average Bonchev–Trinajstić information content (AvgIpc) is 2.93. The first-order valence-electron chi connectivity index (χ1n) is 7.30. The Labute approximate surface area is 120 Å². The zero-order valence-electron chi connectivity index (χ0n) is 12.7. The Kier molecular flexibility index (Phi) is 4.71. The second-order valence-corrected chi connectivity index (χ2v) is 5.12. The van der Waals surface area contributed by atoms with Crippen molar-refractivity contribution < 1.29 is 0 Å². The van der Waals surface area contributed by atoms with Gasteiger partial charge in [-0.1, -0.05) is 20.8 Å². The van der Waals surface area contributed by atoms with Crippen LogP contribution >= 0.6 is 0 Å². The number of nitrogens with one attached hydrogen (secondary N) is 1. The van der Waals surface area contributed by atoms with E-state index in [9.17, 15) is 0 Å². The predicted octanol–water partition coefficient (Wildman–Crippen LogP) is 3.31.